The Bertz CT molecular complexity index is 1150. The van der Waals surface area contributed by atoms with Crippen LogP contribution in [-0.2, 0) is 6.42 Å². The number of nitrogens with one attached hydrogen (secondary N) is 1. The van der Waals surface area contributed by atoms with E-state index in [1.165, 1.54) is 5.56 Å². The number of nitrogens with zero attached hydrogens (tertiary/aromatic N) is 2. The second-order valence-electron chi connectivity index (χ2n) is 6.71. The van der Waals surface area contributed by atoms with Crippen LogP contribution in [0.4, 0.5) is 11.4 Å². The number of ether oxygens (including phenoxy) is 1. The molecular formula is C24H19Cl2N3O. The molecule has 4 nitrogen and oxygen atoms in total. The van der Waals surface area contributed by atoms with Crippen molar-refractivity contribution in [3.63, 3.8) is 0 Å². The summed E-state index contributed by atoms with van der Waals surface area (Å²) < 4.78 is 5.73. The molecule has 1 heterocycles. The number of benzene rings is 3. The van der Waals surface area contributed by atoms with Crippen molar-refractivity contribution in [2.24, 2.45) is 0 Å². The molecule has 0 saturated carbocycles. The van der Waals surface area contributed by atoms with Crippen LogP contribution in [0.25, 0.3) is 11.4 Å². The highest BCUT2D eigenvalue weighted by atomic mass is 35.5. The fraction of sp³-hybridized carbons (Fsp3) is 0.0833. The number of aromatic nitrogens is 2. The maximum atomic E-state index is 6.07. The highest BCUT2D eigenvalue weighted by molar-refractivity contribution is 6.42. The maximum absolute atomic E-state index is 6.07. The van der Waals surface area contributed by atoms with Crippen LogP contribution in [0.5, 0.6) is 5.75 Å². The summed E-state index contributed by atoms with van der Waals surface area (Å²) in [6, 6.07) is 21.7. The van der Waals surface area contributed by atoms with Crippen LogP contribution in [0.15, 0.2) is 79.1 Å². The molecule has 150 valence electrons. The van der Waals surface area contributed by atoms with Gasteiger partial charge in [0.15, 0.2) is 5.82 Å². The van der Waals surface area contributed by atoms with E-state index in [1.54, 1.807) is 31.6 Å². The van der Waals surface area contributed by atoms with Crippen molar-refractivity contribution in [1.82, 2.24) is 9.97 Å². The predicted octanol–water partition coefficient (Wildman–Crippen LogP) is 6.79. The third-order valence-electron chi connectivity index (χ3n) is 4.64. The van der Waals surface area contributed by atoms with Crippen LogP contribution in [0.3, 0.4) is 0 Å². The van der Waals surface area contributed by atoms with E-state index in [4.69, 9.17) is 27.9 Å². The van der Waals surface area contributed by atoms with Crippen molar-refractivity contribution in [3.05, 3.63) is 100 Å². The number of hydrogen-bond acceptors (Lipinski definition) is 4. The van der Waals surface area contributed by atoms with E-state index in [-0.39, 0.29) is 0 Å². The van der Waals surface area contributed by atoms with Crippen LogP contribution in [-0.4, -0.2) is 17.1 Å². The average molecular weight is 436 g/mol. The molecule has 6 heteroatoms. The molecule has 1 aromatic heterocycles. The van der Waals surface area contributed by atoms with Gasteiger partial charge < -0.3 is 10.1 Å². The van der Waals surface area contributed by atoms with E-state index in [1.807, 2.05) is 36.4 Å². The monoisotopic (exact) mass is 435 g/mol. The van der Waals surface area contributed by atoms with Gasteiger partial charge in [-0.3, -0.25) is 0 Å². The zero-order chi connectivity index (χ0) is 20.9. The summed E-state index contributed by atoms with van der Waals surface area (Å²) in [4.78, 5) is 9.06. The molecule has 0 radical (unpaired) electrons. The van der Waals surface area contributed by atoms with E-state index >= 15 is 0 Å². The van der Waals surface area contributed by atoms with Gasteiger partial charge in [-0.1, -0.05) is 65.7 Å². The lowest BCUT2D eigenvalue weighted by Gasteiger charge is -2.13. The van der Waals surface area contributed by atoms with Gasteiger partial charge in [-0.2, -0.15) is 0 Å². The van der Waals surface area contributed by atoms with Crippen LogP contribution < -0.4 is 10.1 Å². The van der Waals surface area contributed by atoms with Gasteiger partial charge in [0.05, 0.1) is 40.8 Å². The van der Waals surface area contributed by atoms with Crippen LogP contribution in [0.1, 0.15) is 11.1 Å². The van der Waals surface area contributed by atoms with Crippen molar-refractivity contribution in [2.45, 2.75) is 6.42 Å². The largest absolute Gasteiger partial charge is 0.496 e. The first-order valence-electron chi connectivity index (χ1n) is 9.38. The smallest absolute Gasteiger partial charge is 0.163 e. The van der Waals surface area contributed by atoms with Gasteiger partial charge in [0.1, 0.15) is 5.75 Å². The SMILES string of the molecule is COc1c(Cc2ccccc2)cccc1-c1ncc(Nc2ccc(Cl)c(Cl)c2)cn1. The molecule has 0 aliphatic carbocycles. The molecule has 0 amide bonds. The van der Waals surface area contributed by atoms with Crippen molar-refractivity contribution in [1.29, 1.82) is 0 Å². The summed E-state index contributed by atoms with van der Waals surface area (Å²) >= 11 is 12.0. The summed E-state index contributed by atoms with van der Waals surface area (Å²) in [5.41, 5.74) is 4.71. The first kappa shape index (κ1) is 20.2. The number of hydrogen-bond donors (Lipinski definition) is 1. The standard InChI is InChI=1S/C24H19Cl2N3O/c1-30-23-17(12-16-6-3-2-4-7-16)8-5-9-20(23)24-27-14-19(15-28-24)29-18-10-11-21(25)22(26)13-18/h2-11,13-15,29H,12H2,1H3. The Hall–Kier alpha value is -3.08. The van der Waals surface area contributed by atoms with Crippen molar-refractivity contribution >= 4 is 34.6 Å². The number of methoxy groups -OCH3 is 1. The van der Waals surface area contributed by atoms with E-state index < -0.39 is 0 Å². The number of anilines is 2. The molecule has 3 aromatic carbocycles. The zero-order valence-electron chi connectivity index (χ0n) is 16.3. The summed E-state index contributed by atoms with van der Waals surface area (Å²) in [5, 5.41) is 4.22. The molecule has 0 atom stereocenters. The van der Waals surface area contributed by atoms with E-state index in [9.17, 15) is 0 Å². The Morgan fingerprint density at radius 2 is 1.60 bits per heavy atom. The quantitative estimate of drug-likeness (QED) is 0.361. The zero-order valence-corrected chi connectivity index (χ0v) is 17.8. The Kier molecular flexibility index (Phi) is 6.17. The molecule has 30 heavy (non-hydrogen) atoms. The van der Waals surface area contributed by atoms with Gasteiger partial charge >= 0.3 is 0 Å². The van der Waals surface area contributed by atoms with Crippen molar-refractivity contribution in [3.8, 4) is 17.1 Å². The van der Waals surface area contributed by atoms with E-state index in [0.717, 1.165) is 34.7 Å². The van der Waals surface area contributed by atoms with E-state index in [0.29, 0.717) is 15.9 Å². The highest BCUT2D eigenvalue weighted by Gasteiger charge is 2.13. The second-order valence-corrected chi connectivity index (χ2v) is 7.52. The molecule has 0 aliphatic heterocycles. The van der Waals surface area contributed by atoms with Gasteiger partial charge in [-0.05, 0) is 35.4 Å². The third kappa shape index (κ3) is 4.56. The Morgan fingerprint density at radius 1 is 0.833 bits per heavy atom. The van der Waals surface area contributed by atoms with E-state index in [2.05, 4.69) is 33.5 Å². The van der Waals surface area contributed by atoms with Gasteiger partial charge in [-0.15, -0.1) is 0 Å². The Labute approximate surface area is 185 Å². The predicted molar refractivity (Wildman–Crippen MR) is 123 cm³/mol. The molecule has 0 fully saturated rings. The molecule has 0 aliphatic rings. The average Bonchev–Trinajstić information content (AvgIpc) is 2.77. The summed E-state index contributed by atoms with van der Waals surface area (Å²) in [6.07, 6.45) is 4.23. The van der Waals surface area contributed by atoms with Crippen LogP contribution in [0, 0.1) is 0 Å². The summed E-state index contributed by atoms with van der Waals surface area (Å²) in [6.45, 7) is 0. The molecule has 1 N–H and O–H groups in total. The number of para-hydroxylation sites is 1. The minimum absolute atomic E-state index is 0.485. The fourth-order valence-electron chi connectivity index (χ4n) is 3.23. The summed E-state index contributed by atoms with van der Waals surface area (Å²) in [7, 11) is 1.67. The van der Waals surface area contributed by atoms with Crippen molar-refractivity contribution in [2.75, 3.05) is 12.4 Å². The first-order valence-corrected chi connectivity index (χ1v) is 10.1. The lowest BCUT2D eigenvalue weighted by Crippen LogP contribution is -1.99. The number of rotatable bonds is 6. The molecule has 0 unspecified atom stereocenters. The molecule has 0 saturated heterocycles. The molecular weight excluding hydrogens is 417 g/mol. The third-order valence-corrected chi connectivity index (χ3v) is 5.38. The van der Waals surface area contributed by atoms with Gasteiger partial charge in [0.2, 0.25) is 0 Å². The second kappa shape index (κ2) is 9.16. The first-order chi connectivity index (χ1) is 14.6. The minimum atomic E-state index is 0.485. The normalized spacial score (nSPS) is 10.6. The van der Waals surface area contributed by atoms with Gasteiger partial charge in [-0.25, -0.2) is 9.97 Å². The molecule has 0 bridgehead atoms. The molecule has 4 aromatic rings. The lowest BCUT2D eigenvalue weighted by molar-refractivity contribution is 0.412. The Morgan fingerprint density at radius 3 is 2.30 bits per heavy atom. The minimum Gasteiger partial charge on any atom is -0.496 e. The van der Waals surface area contributed by atoms with Crippen molar-refractivity contribution < 1.29 is 4.74 Å². The van der Waals surface area contributed by atoms with Gasteiger partial charge in [0, 0.05) is 12.1 Å². The topological polar surface area (TPSA) is 47.0 Å². The highest BCUT2D eigenvalue weighted by Crippen LogP contribution is 2.33. The lowest BCUT2D eigenvalue weighted by atomic mass is 10.0. The Balaban J connectivity index is 1.59. The van der Waals surface area contributed by atoms with Crippen LogP contribution in [0.2, 0.25) is 10.0 Å². The molecule has 0 spiro atoms. The van der Waals surface area contributed by atoms with Gasteiger partial charge in [0.25, 0.3) is 0 Å². The fourth-order valence-corrected chi connectivity index (χ4v) is 3.53. The molecule has 4 rings (SSSR count). The number of halogens is 2. The van der Waals surface area contributed by atoms with Crippen LogP contribution >= 0.6 is 23.2 Å². The maximum Gasteiger partial charge on any atom is 0.163 e. The summed E-state index contributed by atoms with van der Waals surface area (Å²) in [5.74, 6) is 1.38.